The number of pyridine rings is 1. The molecule has 2 aromatic heterocycles. The number of anilines is 2. The number of nitrogens with two attached hydrogens (primary N) is 1. The van der Waals surface area contributed by atoms with Gasteiger partial charge in [0.25, 0.3) is 0 Å². The molecule has 1 aromatic carbocycles. The Bertz CT molecular complexity index is 822. The molecule has 22 heavy (non-hydrogen) atoms. The van der Waals surface area contributed by atoms with Gasteiger partial charge in [-0.3, -0.25) is 0 Å². The topological polar surface area (TPSA) is 106 Å². The van der Waals surface area contributed by atoms with Crippen LogP contribution in [0.3, 0.4) is 0 Å². The van der Waals surface area contributed by atoms with Crippen LogP contribution < -0.4 is 15.8 Å². The van der Waals surface area contributed by atoms with Crippen molar-refractivity contribution in [2.45, 2.75) is 6.54 Å². The van der Waals surface area contributed by atoms with E-state index in [1.165, 1.54) is 13.4 Å². The first-order chi connectivity index (χ1) is 10.7. The fourth-order valence-electron chi connectivity index (χ4n) is 2.15. The number of methoxy groups -OCH3 is 1. The zero-order chi connectivity index (χ0) is 15.5. The van der Waals surface area contributed by atoms with Crippen molar-refractivity contribution >= 4 is 22.7 Å². The molecule has 0 radical (unpaired) electrons. The maximum Gasteiger partial charge on any atom is 0.166 e. The van der Waals surface area contributed by atoms with Crippen LogP contribution in [0, 0.1) is 0 Å². The molecule has 0 saturated carbocycles. The minimum absolute atomic E-state index is 0.109. The van der Waals surface area contributed by atoms with Crippen LogP contribution in [0.5, 0.6) is 11.5 Å². The van der Waals surface area contributed by atoms with Gasteiger partial charge in [0, 0.05) is 12.1 Å². The van der Waals surface area contributed by atoms with E-state index in [1.54, 1.807) is 12.1 Å². The molecule has 0 atom stereocenters. The second kappa shape index (κ2) is 5.72. The molecule has 0 spiro atoms. The zero-order valence-electron chi connectivity index (χ0n) is 11.9. The summed E-state index contributed by atoms with van der Waals surface area (Å²) in [6.07, 6.45) is 1.42. The lowest BCUT2D eigenvalue weighted by Crippen LogP contribution is -2.04. The van der Waals surface area contributed by atoms with Crippen molar-refractivity contribution in [1.82, 2.24) is 15.0 Å². The molecule has 7 nitrogen and oxygen atoms in total. The Morgan fingerprint density at radius 3 is 2.91 bits per heavy atom. The molecule has 3 rings (SSSR count). The zero-order valence-corrected chi connectivity index (χ0v) is 11.9. The van der Waals surface area contributed by atoms with Gasteiger partial charge in [-0.15, -0.1) is 0 Å². The molecule has 0 aliphatic carbocycles. The van der Waals surface area contributed by atoms with E-state index >= 15 is 0 Å². The Morgan fingerprint density at radius 1 is 1.23 bits per heavy atom. The largest absolute Gasteiger partial charge is 0.504 e. The molecule has 0 aliphatic heterocycles. The molecular formula is C15H15N5O2. The lowest BCUT2D eigenvalue weighted by molar-refractivity contribution is 0.371. The number of aromatic hydroxyl groups is 1. The highest BCUT2D eigenvalue weighted by Crippen LogP contribution is 2.30. The van der Waals surface area contributed by atoms with Crippen LogP contribution in [-0.4, -0.2) is 27.2 Å². The number of benzene rings is 1. The standard InChI is InChI=1S/C15H15N5O2/c1-22-11-4-2-3-9(13(11)21)7-17-14-10-5-6-12(16)20-15(10)19-8-18-14/h2-6,8,21H,7H2,1H3,(H3,16,17,18,19,20). The summed E-state index contributed by atoms with van der Waals surface area (Å²) in [5.41, 5.74) is 6.88. The molecule has 0 unspecified atom stereocenters. The third-order valence-electron chi connectivity index (χ3n) is 3.27. The average Bonchev–Trinajstić information content (AvgIpc) is 2.53. The molecule has 3 aromatic rings. The van der Waals surface area contributed by atoms with Crippen LogP contribution in [0.15, 0.2) is 36.7 Å². The quantitative estimate of drug-likeness (QED) is 0.675. The first-order valence-electron chi connectivity index (χ1n) is 6.65. The van der Waals surface area contributed by atoms with E-state index in [4.69, 9.17) is 10.5 Å². The summed E-state index contributed by atoms with van der Waals surface area (Å²) in [6.45, 7) is 0.388. The molecule has 4 N–H and O–H groups in total. The van der Waals surface area contributed by atoms with Gasteiger partial charge in [-0.05, 0) is 18.2 Å². The van der Waals surface area contributed by atoms with Crippen LogP contribution in [0.2, 0.25) is 0 Å². The first-order valence-corrected chi connectivity index (χ1v) is 6.65. The van der Waals surface area contributed by atoms with Gasteiger partial charge in [0.15, 0.2) is 17.1 Å². The van der Waals surface area contributed by atoms with Gasteiger partial charge in [-0.1, -0.05) is 12.1 Å². The second-order valence-corrected chi connectivity index (χ2v) is 4.65. The minimum atomic E-state index is 0.109. The van der Waals surface area contributed by atoms with Gasteiger partial charge >= 0.3 is 0 Å². The molecular weight excluding hydrogens is 282 g/mol. The molecule has 2 heterocycles. The number of nitrogens with one attached hydrogen (secondary N) is 1. The lowest BCUT2D eigenvalue weighted by Gasteiger charge is -2.11. The van der Waals surface area contributed by atoms with Crippen LogP contribution >= 0.6 is 0 Å². The summed E-state index contributed by atoms with van der Waals surface area (Å²) in [5, 5.41) is 14.0. The monoisotopic (exact) mass is 297 g/mol. The van der Waals surface area contributed by atoms with E-state index in [1.807, 2.05) is 18.2 Å². The Hall–Kier alpha value is -3.09. The van der Waals surface area contributed by atoms with Crippen LogP contribution in [0.25, 0.3) is 11.0 Å². The minimum Gasteiger partial charge on any atom is -0.504 e. The van der Waals surface area contributed by atoms with E-state index in [-0.39, 0.29) is 5.75 Å². The molecule has 112 valence electrons. The molecule has 0 aliphatic rings. The molecule has 0 saturated heterocycles. The second-order valence-electron chi connectivity index (χ2n) is 4.65. The third kappa shape index (κ3) is 2.56. The summed E-state index contributed by atoms with van der Waals surface area (Å²) in [5.74, 6) is 1.57. The number of hydrogen-bond acceptors (Lipinski definition) is 7. The van der Waals surface area contributed by atoms with Crippen LogP contribution in [-0.2, 0) is 6.54 Å². The summed E-state index contributed by atoms with van der Waals surface area (Å²) in [7, 11) is 1.51. The predicted molar refractivity (Wildman–Crippen MR) is 83.7 cm³/mol. The van der Waals surface area contributed by atoms with Crippen LogP contribution in [0.1, 0.15) is 5.56 Å². The summed E-state index contributed by atoms with van der Waals surface area (Å²) in [4.78, 5) is 12.5. The van der Waals surface area contributed by atoms with Crippen molar-refractivity contribution in [1.29, 1.82) is 0 Å². The Balaban J connectivity index is 1.88. The van der Waals surface area contributed by atoms with Crippen molar-refractivity contribution < 1.29 is 9.84 Å². The summed E-state index contributed by atoms with van der Waals surface area (Å²) in [6, 6.07) is 8.83. The van der Waals surface area contributed by atoms with Crippen molar-refractivity contribution in [3.05, 3.63) is 42.2 Å². The number of rotatable bonds is 4. The highest BCUT2D eigenvalue weighted by atomic mass is 16.5. The highest BCUT2D eigenvalue weighted by molar-refractivity contribution is 5.87. The number of nitrogen functional groups attached to an aromatic ring is 1. The number of hydrogen-bond donors (Lipinski definition) is 3. The molecule has 7 heteroatoms. The van der Waals surface area contributed by atoms with E-state index in [2.05, 4.69) is 20.3 Å². The van der Waals surface area contributed by atoms with Gasteiger partial charge < -0.3 is 20.9 Å². The van der Waals surface area contributed by atoms with Crippen molar-refractivity contribution in [2.24, 2.45) is 0 Å². The Morgan fingerprint density at radius 2 is 2.09 bits per heavy atom. The summed E-state index contributed by atoms with van der Waals surface area (Å²) >= 11 is 0. The number of aromatic nitrogens is 3. The number of para-hydroxylation sites is 1. The fraction of sp³-hybridized carbons (Fsp3) is 0.133. The molecule has 0 fully saturated rings. The third-order valence-corrected chi connectivity index (χ3v) is 3.27. The van der Waals surface area contributed by atoms with Gasteiger partial charge in [-0.2, -0.15) is 0 Å². The van der Waals surface area contributed by atoms with E-state index in [0.29, 0.717) is 35.1 Å². The van der Waals surface area contributed by atoms with Gasteiger partial charge in [0.1, 0.15) is 18.0 Å². The van der Waals surface area contributed by atoms with Crippen molar-refractivity contribution in [3.63, 3.8) is 0 Å². The van der Waals surface area contributed by atoms with Gasteiger partial charge in [0.05, 0.1) is 12.5 Å². The van der Waals surface area contributed by atoms with Crippen LogP contribution in [0.4, 0.5) is 11.6 Å². The Kier molecular flexibility index (Phi) is 3.61. The maximum absolute atomic E-state index is 10.1. The number of ether oxygens (including phenoxy) is 1. The summed E-state index contributed by atoms with van der Waals surface area (Å²) < 4.78 is 5.09. The van der Waals surface area contributed by atoms with Gasteiger partial charge in [-0.25, -0.2) is 15.0 Å². The number of phenolic OH excluding ortho intramolecular Hbond substituents is 1. The number of nitrogens with zero attached hydrogens (tertiary/aromatic N) is 3. The molecule has 0 bridgehead atoms. The van der Waals surface area contributed by atoms with E-state index < -0.39 is 0 Å². The SMILES string of the molecule is COc1cccc(CNc2ncnc3nc(N)ccc23)c1O. The van der Waals surface area contributed by atoms with E-state index in [0.717, 1.165) is 5.39 Å². The molecule has 0 amide bonds. The first kappa shape index (κ1) is 13.9. The normalized spacial score (nSPS) is 10.6. The van der Waals surface area contributed by atoms with E-state index in [9.17, 15) is 5.11 Å². The highest BCUT2D eigenvalue weighted by Gasteiger charge is 2.09. The van der Waals surface area contributed by atoms with Crippen molar-refractivity contribution in [2.75, 3.05) is 18.2 Å². The maximum atomic E-state index is 10.1. The number of fused-ring (bicyclic) bond motifs is 1. The van der Waals surface area contributed by atoms with Gasteiger partial charge in [0.2, 0.25) is 0 Å². The average molecular weight is 297 g/mol. The Labute approximate surface area is 126 Å². The predicted octanol–water partition coefficient (Wildman–Crippen LogP) is 1.93. The number of phenols is 1. The smallest absolute Gasteiger partial charge is 0.166 e. The van der Waals surface area contributed by atoms with Crippen molar-refractivity contribution in [3.8, 4) is 11.5 Å². The fourth-order valence-corrected chi connectivity index (χ4v) is 2.15. The lowest BCUT2D eigenvalue weighted by atomic mass is 10.2.